The summed E-state index contributed by atoms with van der Waals surface area (Å²) in [7, 11) is 0. The van der Waals surface area contributed by atoms with E-state index in [9.17, 15) is 4.79 Å². The van der Waals surface area contributed by atoms with Crippen LogP contribution >= 0.6 is 11.3 Å². The van der Waals surface area contributed by atoms with E-state index in [0.29, 0.717) is 11.5 Å². The number of carboxylic acid groups (broad SMARTS) is 1. The molecule has 0 unspecified atom stereocenters. The molecule has 0 saturated heterocycles. The summed E-state index contributed by atoms with van der Waals surface area (Å²) >= 11 is 1.52. The van der Waals surface area contributed by atoms with Gasteiger partial charge in [-0.15, -0.1) is 11.3 Å². The molecule has 5 nitrogen and oxygen atoms in total. The molecule has 0 amide bonds. The molecule has 78 valence electrons. The Balaban J connectivity index is 2.32. The molecule has 0 saturated carbocycles. The van der Waals surface area contributed by atoms with Gasteiger partial charge in [-0.2, -0.15) is 0 Å². The third kappa shape index (κ3) is 1.89. The Morgan fingerprint density at radius 2 is 2.47 bits per heavy atom. The number of nitrogens with zero attached hydrogens (tertiary/aromatic N) is 2. The second kappa shape index (κ2) is 3.82. The van der Waals surface area contributed by atoms with Crippen LogP contribution < -0.4 is 0 Å². The Hall–Kier alpha value is -1.69. The number of aromatic nitrogens is 2. The maximum atomic E-state index is 10.6. The summed E-state index contributed by atoms with van der Waals surface area (Å²) < 4.78 is 4.88. The van der Waals surface area contributed by atoms with Crippen molar-refractivity contribution in [3.8, 4) is 11.5 Å². The highest BCUT2D eigenvalue weighted by molar-refractivity contribution is 7.09. The molecule has 2 rings (SSSR count). The lowest BCUT2D eigenvalue weighted by Crippen LogP contribution is -1.94. The van der Waals surface area contributed by atoms with Crippen molar-refractivity contribution in [2.24, 2.45) is 0 Å². The Labute approximate surface area is 89.4 Å². The largest absolute Gasteiger partial charge is 0.476 e. The van der Waals surface area contributed by atoms with E-state index in [4.69, 9.17) is 9.63 Å². The summed E-state index contributed by atoms with van der Waals surface area (Å²) in [6.45, 7) is 2.01. The Morgan fingerprint density at radius 1 is 1.67 bits per heavy atom. The smallest absolute Gasteiger partial charge is 0.358 e. The third-order valence-corrected chi connectivity index (χ3v) is 2.83. The van der Waals surface area contributed by atoms with Crippen LogP contribution in [0.5, 0.6) is 0 Å². The molecule has 0 fully saturated rings. The SMILES string of the molecule is CCc1nc(-c2cc(C(=O)O)no2)cs1. The van der Waals surface area contributed by atoms with Crippen LogP contribution in [0.4, 0.5) is 0 Å². The average Bonchev–Trinajstić information content (AvgIpc) is 2.86. The number of aromatic carboxylic acids is 1. The molecule has 0 aromatic carbocycles. The van der Waals surface area contributed by atoms with E-state index in [1.54, 1.807) is 0 Å². The van der Waals surface area contributed by atoms with Crippen LogP contribution in [0, 0.1) is 0 Å². The first-order chi connectivity index (χ1) is 7.20. The van der Waals surface area contributed by atoms with Gasteiger partial charge in [-0.05, 0) is 6.42 Å². The van der Waals surface area contributed by atoms with Crippen molar-refractivity contribution in [1.82, 2.24) is 10.1 Å². The van der Waals surface area contributed by atoms with Crippen molar-refractivity contribution in [2.75, 3.05) is 0 Å². The molecule has 6 heteroatoms. The van der Waals surface area contributed by atoms with Crippen molar-refractivity contribution in [3.63, 3.8) is 0 Å². The van der Waals surface area contributed by atoms with E-state index in [-0.39, 0.29) is 5.69 Å². The molecule has 0 aliphatic rings. The van der Waals surface area contributed by atoms with Gasteiger partial charge in [-0.1, -0.05) is 12.1 Å². The summed E-state index contributed by atoms with van der Waals surface area (Å²) in [6, 6.07) is 1.37. The van der Waals surface area contributed by atoms with Gasteiger partial charge in [-0.25, -0.2) is 9.78 Å². The van der Waals surface area contributed by atoms with Crippen LogP contribution in [0.3, 0.4) is 0 Å². The fourth-order valence-corrected chi connectivity index (χ4v) is 1.82. The number of carbonyl (C=O) groups is 1. The van der Waals surface area contributed by atoms with Crippen molar-refractivity contribution in [1.29, 1.82) is 0 Å². The van der Waals surface area contributed by atoms with Gasteiger partial charge in [0.2, 0.25) is 0 Å². The molecule has 0 bridgehead atoms. The minimum atomic E-state index is -1.10. The van der Waals surface area contributed by atoms with Crippen molar-refractivity contribution in [3.05, 3.63) is 22.1 Å². The van der Waals surface area contributed by atoms with Crippen LogP contribution in [-0.2, 0) is 6.42 Å². The van der Waals surface area contributed by atoms with Gasteiger partial charge in [0.05, 0.1) is 5.01 Å². The van der Waals surface area contributed by atoms with Gasteiger partial charge >= 0.3 is 5.97 Å². The number of thiazole rings is 1. The zero-order chi connectivity index (χ0) is 10.8. The number of rotatable bonds is 3. The lowest BCUT2D eigenvalue weighted by Gasteiger charge is -1.85. The lowest BCUT2D eigenvalue weighted by atomic mass is 10.3. The third-order valence-electron chi connectivity index (χ3n) is 1.84. The summed E-state index contributed by atoms with van der Waals surface area (Å²) in [5.41, 5.74) is 0.535. The van der Waals surface area contributed by atoms with E-state index in [1.807, 2.05) is 12.3 Å². The highest BCUT2D eigenvalue weighted by atomic mass is 32.1. The molecule has 15 heavy (non-hydrogen) atoms. The molecule has 2 aromatic rings. The molecule has 2 aromatic heterocycles. The highest BCUT2D eigenvalue weighted by Crippen LogP contribution is 2.22. The van der Waals surface area contributed by atoms with Gasteiger partial charge in [0.25, 0.3) is 0 Å². The molecule has 0 atom stereocenters. The van der Waals surface area contributed by atoms with E-state index in [1.165, 1.54) is 17.4 Å². The van der Waals surface area contributed by atoms with Gasteiger partial charge in [0.15, 0.2) is 11.5 Å². The summed E-state index contributed by atoms with van der Waals surface area (Å²) in [4.78, 5) is 14.8. The minimum absolute atomic E-state index is 0.101. The molecule has 0 aliphatic heterocycles. The Kier molecular flexibility index (Phi) is 2.51. The van der Waals surface area contributed by atoms with Crippen molar-refractivity contribution >= 4 is 17.3 Å². The van der Waals surface area contributed by atoms with Crippen LogP contribution in [0.2, 0.25) is 0 Å². The minimum Gasteiger partial charge on any atom is -0.476 e. The molecule has 0 spiro atoms. The normalized spacial score (nSPS) is 10.5. The van der Waals surface area contributed by atoms with Crippen LogP contribution in [0.1, 0.15) is 22.4 Å². The van der Waals surface area contributed by atoms with E-state index in [2.05, 4.69) is 10.1 Å². The predicted octanol–water partition coefficient (Wildman–Crippen LogP) is 2.06. The maximum absolute atomic E-state index is 10.6. The quantitative estimate of drug-likeness (QED) is 0.863. The van der Waals surface area contributed by atoms with Crippen molar-refractivity contribution in [2.45, 2.75) is 13.3 Å². The van der Waals surface area contributed by atoms with Crippen LogP contribution in [0.25, 0.3) is 11.5 Å². The summed E-state index contributed by atoms with van der Waals surface area (Å²) in [6.07, 6.45) is 0.852. The molecular formula is C9H8N2O3S. The molecule has 0 aliphatic carbocycles. The van der Waals surface area contributed by atoms with Crippen LogP contribution in [-0.4, -0.2) is 21.2 Å². The van der Waals surface area contributed by atoms with E-state index < -0.39 is 5.97 Å². The fourth-order valence-electron chi connectivity index (χ4n) is 1.08. The second-order valence-corrected chi connectivity index (χ2v) is 3.80. The average molecular weight is 224 g/mol. The van der Waals surface area contributed by atoms with Gasteiger partial charge in [0.1, 0.15) is 5.69 Å². The molecule has 2 heterocycles. The Bertz CT molecular complexity index is 489. The monoisotopic (exact) mass is 224 g/mol. The molecule has 0 radical (unpaired) electrons. The summed E-state index contributed by atoms with van der Waals surface area (Å²) in [5, 5.41) is 14.9. The number of hydrogen-bond acceptors (Lipinski definition) is 5. The zero-order valence-electron chi connectivity index (χ0n) is 7.93. The summed E-state index contributed by atoms with van der Waals surface area (Å²) in [5.74, 6) is -0.709. The number of carboxylic acids is 1. The first-order valence-electron chi connectivity index (χ1n) is 4.35. The van der Waals surface area contributed by atoms with Crippen molar-refractivity contribution < 1.29 is 14.4 Å². The number of aryl methyl sites for hydroxylation is 1. The standard InChI is InChI=1S/C9H8N2O3S/c1-2-8-10-6(4-15-8)7-3-5(9(12)13)11-14-7/h3-4H,2H2,1H3,(H,12,13). The first kappa shape index (κ1) is 9.85. The van der Waals surface area contributed by atoms with E-state index >= 15 is 0 Å². The number of hydrogen-bond donors (Lipinski definition) is 1. The maximum Gasteiger partial charge on any atom is 0.358 e. The fraction of sp³-hybridized carbons (Fsp3) is 0.222. The second-order valence-electron chi connectivity index (χ2n) is 2.86. The lowest BCUT2D eigenvalue weighted by molar-refractivity contribution is 0.0686. The predicted molar refractivity (Wildman–Crippen MR) is 53.9 cm³/mol. The topological polar surface area (TPSA) is 76.2 Å². The van der Waals surface area contributed by atoms with Gasteiger partial charge in [-0.3, -0.25) is 0 Å². The van der Waals surface area contributed by atoms with E-state index in [0.717, 1.165) is 11.4 Å². The zero-order valence-corrected chi connectivity index (χ0v) is 8.74. The first-order valence-corrected chi connectivity index (χ1v) is 5.23. The highest BCUT2D eigenvalue weighted by Gasteiger charge is 2.14. The van der Waals surface area contributed by atoms with Gasteiger partial charge < -0.3 is 9.63 Å². The van der Waals surface area contributed by atoms with Crippen LogP contribution in [0.15, 0.2) is 16.0 Å². The molecular weight excluding hydrogens is 216 g/mol. The van der Waals surface area contributed by atoms with Gasteiger partial charge in [0, 0.05) is 11.4 Å². The molecule has 1 N–H and O–H groups in total. The Morgan fingerprint density at radius 3 is 3.00 bits per heavy atom.